The van der Waals surface area contributed by atoms with Gasteiger partial charge >= 0.3 is 0 Å². The maximum absolute atomic E-state index is 5.64. The molecule has 3 heteroatoms. The van der Waals surface area contributed by atoms with Gasteiger partial charge in [0.25, 0.3) is 0 Å². The number of nitrogens with zero attached hydrogens (tertiary/aromatic N) is 1. The van der Waals surface area contributed by atoms with E-state index in [0.29, 0.717) is 5.92 Å². The Kier molecular flexibility index (Phi) is 5.69. The molecule has 1 atom stereocenters. The van der Waals surface area contributed by atoms with E-state index < -0.39 is 0 Å². The zero-order valence-electron chi connectivity index (χ0n) is 20.8. The van der Waals surface area contributed by atoms with Crippen LogP contribution in [0.15, 0.2) is 72.9 Å². The molecule has 3 aromatic carbocycles. The maximum atomic E-state index is 5.64. The summed E-state index contributed by atoms with van der Waals surface area (Å²) in [5.74, 6) is 1.33. The van der Waals surface area contributed by atoms with Crippen LogP contribution in [0, 0.1) is 12.3 Å². The van der Waals surface area contributed by atoms with Gasteiger partial charge in [-0.15, -0.1) is 11.3 Å². The Morgan fingerprint density at radius 3 is 2.35 bits per heavy atom. The lowest BCUT2D eigenvalue weighted by atomic mass is 9.76. The number of rotatable bonds is 4. The van der Waals surface area contributed by atoms with E-state index in [4.69, 9.17) is 9.72 Å². The molecule has 2 aromatic heterocycles. The van der Waals surface area contributed by atoms with Gasteiger partial charge in [-0.3, -0.25) is 4.98 Å². The first kappa shape index (κ1) is 22.6. The van der Waals surface area contributed by atoms with E-state index in [-0.39, 0.29) is 5.41 Å². The average Bonchev–Trinajstić information content (AvgIpc) is 3.21. The third kappa shape index (κ3) is 3.99. The minimum Gasteiger partial charge on any atom is -0.497 e. The first-order valence-electron chi connectivity index (χ1n) is 11.8. The van der Waals surface area contributed by atoms with E-state index in [9.17, 15) is 0 Å². The number of hydrogen-bond acceptors (Lipinski definition) is 3. The quantitative estimate of drug-likeness (QED) is 0.264. The van der Waals surface area contributed by atoms with Crippen LogP contribution in [0.3, 0.4) is 0 Å². The van der Waals surface area contributed by atoms with Gasteiger partial charge in [0.05, 0.1) is 12.8 Å². The molecule has 0 spiro atoms. The first-order valence-corrected chi connectivity index (χ1v) is 12.6. The van der Waals surface area contributed by atoms with Crippen LogP contribution in [-0.4, -0.2) is 12.1 Å². The molecule has 5 aromatic rings. The summed E-state index contributed by atoms with van der Waals surface area (Å²) in [6, 6.07) is 24.0. The molecule has 0 radical (unpaired) electrons. The lowest BCUT2D eigenvalue weighted by Crippen LogP contribution is -2.16. The van der Waals surface area contributed by atoms with Crippen LogP contribution in [0.25, 0.3) is 42.6 Å². The fraction of sp³-hybridized carbons (Fsp3) is 0.258. The van der Waals surface area contributed by atoms with Crippen LogP contribution < -0.4 is 4.74 Å². The highest BCUT2D eigenvalue weighted by Gasteiger charge is 2.24. The lowest BCUT2D eigenvalue weighted by molar-refractivity contribution is 0.338. The van der Waals surface area contributed by atoms with Crippen LogP contribution in [0.4, 0.5) is 0 Å². The highest BCUT2D eigenvalue weighted by molar-refractivity contribution is 7.26. The largest absolute Gasteiger partial charge is 0.497 e. The Bertz CT molecular complexity index is 1490. The van der Waals surface area contributed by atoms with Crippen LogP contribution in [0.2, 0.25) is 0 Å². The van der Waals surface area contributed by atoms with Gasteiger partial charge in [0.2, 0.25) is 0 Å². The van der Waals surface area contributed by atoms with Gasteiger partial charge in [0.1, 0.15) is 5.75 Å². The maximum Gasteiger partial charge on any atom is 0.120 e. The number of pyridine rings is 1. The molecule has 34 heavy (non-hydrogen) atoms. The number of fused-ring (bicyclic) bond motifs is 3. The van der Waals surface area contributed by atoms with Gasteiger partial charge in [0.15, 0.2) is 0 Å². The monoisotopic (exact) mass is 465 g/mol. The number of benzene rings is 3. The summed E-state index contributed by atoms with van der Waals surface area (Å²) in [7, 11) is 1.74. The number of ether oxygens (including phenoxy) is 1. The molecule has 5 rings (SSSR count). The molecule has 0 saturated carbocycles. The van der Waals surface area contributed by atoms with Crippen LogP contribution in [0.1, 0.15) is 44.7 Å². The van der Waals surface area contributed by atoms with Gasteiger partial charge in [-0.2, -0.15) is 0 Å². The Morgan fingerprint density at radius 2 is 1.65 bits per heavy atom. The van der Waals surface area contributed by atoms with Crippen molar-refractivity contribution in [2.45, 2.75) is 40.5 Å². The predicted octanol–water partition coefficient (Wildman–Crippen LogP) is 9.25. The molecule has 0 aliphatic rings. The van der Waals surface area contributed by atoms with E-state index in [1.807, 2.05) is 17.5 Å². The van der Waals surface area contributed by atoms with Crippen molar-refractivity contribution in [3.05, 3.63) is 84.1 Å². The number of aryl methyl sites for hydroxylation is 1. The second kappa shape index (κ2) is 8.56. The van der Waals surface area contributed by atoms with Crippen molar-refractivity contribution >= 4 is 31.5 Å². The Morgan fingerprint density at radius 1 is 0.882 bits per heavy atom. The van der Waals surface area contributed by atoms with Crippen LogP contribution >= 0.6 is 11.3 Å². The summed E-state index contributed by atoms with van der Waals surface area (Å²) >= 11 is 1.82. The van der Waals surface area contributed by atoms with Gasteiger partial charge in [0, 0.05) is 31.9 Å². The molecule has 2 nitrogen and oxygen atoms in total. The fourth-order valence-corrected chi connectivity index (χ4v) is 5.78. The number of thiophene rings is 1. The normalized spacial score (nSPS) is 12.9. The van der Waals surface area contributed by atoms with Crippen molar-refractivity contribution in [3.63, 3.8) is 0 Å². The van der Waals surface area contributed by atoms with Gasteiger partial charge < -0.3 is 4.74 Å². The third-order valence-electron chi connectivity index (χ3n) is 7.07. The number of methoxy groups -OCH3 is 1. The third-order valence-corrected chi connectivity index (χ3v) is 8.19. The number of hydrogen-bond donors (Lipinski definition) is 0. The zero-order chi connectivity index (χ0) is 24.0. The zero-order valence-corrected chi connectivity index (χ0v) is 21.6. The first-order chi connectivity index (χ1) is 16.3. The van der Waals surface area contributed by atoms with Gasteiger partial charge in [-0.25, -0.2) is 0 Å². The minimum atomic E-state index is 0.195. The van der Waals surface area contributed by atoms with E-state index in [0.717, 1.165) is 17.0 Å². The summed E-state index contributed by atoms with van der Waals surface area (Å²) < 4.78 is 8.16. The smallest absolute Gasteiger partial charge is 0.120 e. The highest BCUT2D eigenvalue weighted by Crippen LogP contribution is 2.44. The van der Waals surface area contributed by atoms with E-state index >= 15 is 0 Å². The SMILES string of the molecule is COc1cc(-c2ccccc2)c2c(c1)sc1ccc(-c3cc(C(C)C(C)(C)C)c(C)cn3)cc12. The molecule has 0 fully saturated rings. The second-order valence-corrected chi connectivity index (χ2v) is 11.3. The Labute approximate surface area is 206 Å². The Balaban J connectivity index is 1.72. The summed E-state index contributed by atoms with van der Waals surface area (Å²) in [4.78, 5) is 4.84. The van der Waals surface area contributed by atoms with Crippen molar-refractivity contribution in [2.75, 3.05) is 7.11 Å². The molecule has 0 amide bonds. The lowest BCUT2D eigenvalue weighted by Gasteiger charge is -2.29. The number of aromatic nitrogens is 1. The molecular formula is C31H31NOS. The van der Waals surface area contributed by atoms with Crippen LogP contribution in [0.5, 0.6) is 5.75 Å². The van der Waals surface area contributed by atoms with Crippen molar-refractivity contribution in [1.29, 1.82) is 0 Å². The van der Waals surface area contributed by atoms with Gasteiger partial charge in [-0.1, -0.05) is 64.1 Å². The molecule has 0 saturated heterocycles. The highest BCUT2D eigenvalue weighted by atomic mass is 32.1. The second-order valence-electron chi connectivity index (χ2n) is 10.2. The minimum absolute atomic E-state index is 0.195. The summed E-state index contributed by atoms with van der Waals surface area (Å²) in [5, 5.41) is 2.55. The molecular weight excluding hydrogens is 434 g/mol. The van der Waals surface area contributed by atoms with Crippen molar-refractivity contribution in [1.82, 2.24) is 4.98 Å². The Hall–Kier alpha value is -3.17. The summed E-state index contributed by atoms with van der Waals surface area (Å²) in [6.07, 6.45) is 2.03. The van der Waals surface area contributed by atoms with Crippen molar-refractivity contribution < 1.29 is 4.74 Å². The molecule has 1 unspecified atom stereocenters. The summed E-state index contributed by atoms with van der Waals surface area (Å²) in [6.45, 7) is 11.4. The van der Waals surface area contributed by atoms with Crippen molar-refractivity contribution in [3.8, 4) is 28.1 Å². The van der Waals surface area contributed by atoms with E-state index in [1.165, 1.54) is 42.4 Å². The molecule has 172 valence electrons. The van der Waals surface area contributed by atoms with E-state index in [1.54, 1.807) is 7.11 Å². The fourth-order valence-electron chi connectivity index (χ4n) is 4.63. The molecule has 0 aliphatic carbocycles. The summed E-state index contributed by atoms with van der Waals surface area (Å²) in [5.41, 5.74) is 7.43. The van der Waals surface area contributed by atoms with E-state index in [2.05, 4.69) is 101 Å². The molecule has 0 bridgehead atoms. The average molecular weight is 466 g/mol. The predicted molar refractivity (Wildman–Crippen MR) is 147 cm³/mol. The standard InChI is InChI=1S/C31H31NOS/c1-19-18-32-27(17-24(19)20(2)31(3,4)5)22-12-13-28-26(14-22)30-25(21-10-8-7-9-11-21)15-23(33-6)16-29(30)34-28/h7-18,20H,1-6H3. The molecule has 0 aliphatic heterocycles. The topological polar surface area (TPSA) is 22.1 Å². The molecule has 0 N–H and O–H groups in total. The van der Waals surface area contributed by atoms with Crippen molar-refractivity contribution in [2.24, 2.45) is 5.41 Å². The van der Waals surface area contributed by atoms with Crippen LogP contribution in [-0.2, 0) is 0 Å². The molecule has 2 heterocycles. The van der Waals surface area contributed by atoms with Gasteiger partial charge in [-0.05, 0) is 70.8 Å².